The maximum Gasteiger partial charge on any atom is 0.228 e. The van der Waals surface area contributed by atoms with Crippen LogP contribution in [0.1, 0.15) is 25.8 Å². The van der Waals surface area contributed by atoms with Crippen molar-refractivity contribution in [2.24, 2.45) is 11.7 Å². The van der Waals surface area contributed by atoms with E-state index in [1.165, 1.54) is 0 Å². The van der Waals surface area contributed by atoms with Gasteiger partial charge in [-0.3, -0.25) is 4.79 Å². The molecule has 2 unspecified atom stereocenters. The van der Waals surface area contributed by atoms with E-state index in [-0.39, 0.29) is 17.9 Å². The van der Waals surface area contributed by atoms with Gasteiger partial charge in [0, 0.05) is 11.7 Å². The minimum Gasteiger partial charge on any atom is -0.327 e. The Bertz CT molecular complexity index is 363. The van der Waals surface area contributed by atoms with Crippen molar-refractivity contribution in [1.82, 2.24) is 0 Å². The van der Waals surface area contributed by atoms with Crippen LogP contribution < -0.4 is 11.1 Å². The van der Waals surface area contributed by atoms with Gasteiger partial charge in [-0.25, -0.2) is 0 Å². The number of amides is 1. The van der Waals surface area contributed by atoms with Crippen molar-refractivity contribution in [2.75, 3.05) is 5.32 Å². The largest absolute Gasteiger partial charge is 0.327 e. The fraction of sp³-hybridized carbons (Fsp3) is 0.462. The van der Waals surface area contributed by atoms with Crippen LogP contribution in [0.5, 0.6) is 0 Å². The van der Waals surface area contributed by atoms with Crippen LogP contribution in [0.25, 0.3) is 0 Å². The van der Waals surface area contributed by atoms with Crippen molar-refractivity contribution in [3.8, 4) is 0 Å². The summed E-state index contributed by atoms with van der Waals surface area (Å²) in [4.78, 5) is 11.9. The van der Waals surface area contributed by atoms with Gasteiger partial charge in [-0.1, -0.05) is 32.0 Å². The highest BCUT2D eigenvalue weighted by Crippen LogP contribution is 2.15. The molecule has 0 radical (unpaired) electrons. The molecule has 0 aliphatic rings. The SMILES string of the molecule is CCC(N)C(C)C(=O)Nc1ccccc1C. The topological polar surface area (TPSA) is 55.1 Å². The zero-order chi connectivity index (χ0) is 12.1. The van der Waals surface area contributed by atoms with Gasteiger partial charge >= 0.3 is 0 Å². The highest BCUT2D eigenvalue weighted by Gasteiger charge is 2.19. The van der Waals surface area contributed by atoms with E-state index in [2.05, 4.69) is 5.32 Å². The Labute approximate surface area is 97.0 Å². The zero-order valence-corrected chi connectivity index (χ0v) is 10.2. The average molecular weight is 220 g/mol. The van der Waals surface area contributed by atoms with Crippen molar-refractivity contribution in [3.63, 3.8) is 0 Å². The van der Waals surface area contributed by atoms with E-state index < -0.39 is 0 Å². The molecule has 1 aromatic carbocycles. The van der Waals surface area contributed by atoms with Crippen LogP contribution in [0.2, 0.25) is 0 Å². The lowest BCUT2D eigenvalue weighted by Crippen LogP contribution is -2.36. The quantitative estimate of drug-likeness (QED) is 0.818. The third-order valence-electron chi connectivity index (χ3n) is 2.93. The fourth-order valence-corrected chi connectivity index (χ4v) is 1.51. The van der Waals surface area contributed by atoms with Crippen LogP contribution in [0.3, 0.4) is 0 Å². The first-order valence-corrected chi connectivity index (χ1v) is 5.68. The third-order valence-corrected chi connectivity index (χ3v) is 2.93. The summed E-state index contributed by atoms with van der Waals surface area (Å²) in [6, 6.07) is 7.65. The Hall–Kier alpha value is -1.35. The molecule has 3 heteroatoms. The second-order valence-corrected chi connectivity index (χ2v) is 4.16. The summed E-state index contributed by atoms with van der Waals surface area (Å²) in [5.74, 6) is -0.173. The maximum atomic E-state index is 11.9. The molecule has 2 atom stereocenters. The van der Waals surface area contributed by atoms with Gasteiger partial charge in [0.2, 0.25) is 5.91 Å². The number of carbonyl (C=O) groups is 1. The summed E-state index contributed by atoms with van der Waals surface area (Å²) in [5, 5.41) is 2.91. The lowest BCUT2D eigenvalue weighted by Gasteiger charge is -2.18. The predicted molar refractivity (Wildman–Crippen MR) is 67.2 cm³/mol. The Kier molecular flexibility index (Phi) is 4.50. The average Bonchev–Trinajstić information content (AvgIpc) is 2.30. The molecular weight excluding hydrogens is 200 g/mol. The highest BCUT2D eigenvalue weighted by molar-refractivity contribution is 5.93. The Morgan fingerprint density at radius 3 is 2.62 bits per heavy atom. The van der Waals surface area contributed by atoms with Gasteiger partial charge in [-0.15, -0.1) is 0 Å². The molecule has 88 valence electrons. The van der Waals surface area contributed by atoms with Crippen LogP contribution in [0.15, 0.2) is 24.3 Å². The molecule has 0 aliphatic heterocycles. The summed E-state index contributed by atoms with van der Waals surface area (Å²) in [6.07, 6.45) is 0.808. The van der Waals surface area contributed by atoms with Gasteiger partial charge in [0.05, 0.1) is 5.92 Å². The number of anilines is 1. The molecule has 1 amide bonds. The van der Waals surface area contributed by atoms with Crippen molar-refractivity contribution in [1.29, 1.82) is 0 Å². The van der Waals surface area contributed by atoms with E-state index >= 15 is 0 Å². The van der Waals surface area contributed by atoms with Gasteiger partial charge in [-0.2, -0.15) is 0 Å². The number of para-hydroxylation sites is 1. The summed E-state index contributed by atoms with van der Waals surface area (Å²) < 4.78 is 0. The summed E-state index contributed by atoms with van der Waals surface area (Å²) in [5.41, 5.74) is 7.77. The van der Waals surface area contributed by atoms with Crippen LogP contribution in [0, 0.1) is 12.8 Å². The van der Waals surface area contributed by atoms with Crippen molar-refractivity contribution >= 4 is 11.6 Å². The number of aryl methyl sites for hydroxylation is 1. The first kappa shape index (κ1) is 12.7. The van der Waals surface area contributed by atoms with Crippen LogP contribution in [-0.2, 0) is 4.79 Å². The molecule has 1 aromatic rings. The molecular formula is C13H20N2O. The van der Waals surface area contributed by atoms with E-state index in [9.17, 15) is 4.79 Å². The smallest absolute Gasteiger partial charge is 0.228 e. The van der Waals surface area contributed by atoms with Crippen LogP contribution in [-0.4, -0.2) is 11.9 Å². The van der Waals surface area contributed by atoms with Gasteiger partial charge in [0.25, 0.3) is 0 Å². The molecule has 3 nitrogen and oxygen atoms in total. The minimum atomic E-state index is -0.162. The summed E-state index contributed by atoms with van der Waals surface area (Å²) in [6.45, 7) is 5.82. The Morgan fingerprint density at radius 2 is 2.06 bits per heavy atom. The predicted octanol–water partition coefficient (Wildman–Crippen LogP) is 2.31. The van der Waals surface area contributed by atoms with Crippen LogP contribution >= 0.6 is 0 Å². The molecule has 16 heavy (non-hydrogen) atoms. The summed E-state index contributed by atoms with van der Waals surface area (Å²) in [7, 11) is 0. The molecule has 0 aromatic heterocycles. The lowest BCUT2D eigenvalue weighted by molar-refractivity contribution is -0.119. The van der Waals surface area contributed by atoms with E-state index in [0.29, 0.717) is 0 Å². The van der Waals surface area contributed by atoms with Gasteiger partial charge in [0.15, 0.2) is 0 Å². The second kappa shape index (κ2) is 5.66. The molecule has 0 bridgehead atoms. The number of carbonyl (C=O) groups excluding carboxylic acids is 1. The maximum absolute atomic E-state index is 11.9. The number of nitrogens with two attached hydrogens (primary N) is 1. The second-order valence-electron chi connectivity index (χ2n) is 4.16. The number of hydrogen-bond acceptors (Lipinski definition) is 2. The first-order chi connectivity index (χ1) is 7.56. The fourth-order valence-electron chi connectivity index (χ4n) is 1.51. The van der Waals surface area contributed by atoms with Gasteiger partial charge in [0.1, 0.15) is 0 Å². The van der Waals surface area contributed by atoms with E-state index in [4.69, 9.17) is 5.73 Å². The third kappa shape index (κ3) is 3.07. The van der Waals surface area contributed by atoms with E-state index in [0.717, 1.165) is 17.7 Å². The highest BCUT2D eigenvalue weighted by atomic mass is 16.1. The molecule has 0 spiro atoms. The molecule has 0 fully saturated rings. The van der Waals surface area contributed by atoms with E-state index in [1.54, 1.807) is 0 Å². The Morgan fingerprint density at radius 1 is 1.44 bits per heavy atom. The molecule has 0 heterocycles. The van der Waals surface area contributed by atoms with Crippen molar-refractivity contribution < 1.29 is 4.79 Å². The van der Waals surface area contributed by atoms with Gasteiger partial charge < -0.3 is 11.1 Å². The number of hydrogen-bond donors (Lipinski definition) is 2. The standard InChI is InChI=1S/C13H20N2O/c1-4-11(14)10(3)13(16)15-12-8-6-5-7-9(12)2/h5-8,10-11H,4,14H2,1-3H3,(H,15,16). The van der Waals surface area contributed by atoms with Crippen molar-refractivity contribution in [2.45, 2.75) is 33.2 Å². The first-order valence-electron chi connectivity index (χ1n) is 5.68. The Balaban J connectivity index is 2.68. The zero-order valence-electron chi connectivity index (χ0n) is 10.2. The molecule has 1 rings (SSSR count). The monoisotopic (exact) mass is 220 g/mol. The molecule has 0 aliphatic carbocycles. The minimum absolute atomic E-state index is 0.0105. The number of nitrogens with one attached hydrogen (secondary N) is 1. The summed E-state index contributed by atoms with van der Waals surface area (Å²) >= 11 is 0. The normalized spacial score (nSPS) is 14.2. The van der Waals surface area contributed by atoms with Crippen LogP contribution in [0.4, 0.5) is 5.69 Å². The number of rotatable bonds is 4. The van der Waals surface area contributed by atoms with Gasteiger partial charge in [-0.05, 0) is 25.0 Å². The number of benzene rings is 1. The van der Waals surface area contributed by atoms with Crippen molar-refractivity contribution in [3.05, 3.63) is 29.8 Å². The molecule has 3 N–H and O–H groups in total. The van der Waals surface area contributed by atoms with E-state index in [1.807, 2.05) is 45.0 Å². The molecule has 0 saturated carbocycles. The molecule has 0 saturated heterocycles. The lowest BCUT2D eigenvalue weighted by atomic mass is 9.99.